The Morgan fingerprint density at radius 3 is 2.76 bits per heavy atom. The lowest BCUT2D eigenvalue weighted by molar-refractivity contribution is 0.0347. The summed E-state index contributed by atoms with van der Waals surface area (Å²) in [5.41, 5.74) is 7.94. The van der Waals surface area contributed by atoms with E-state index < -0.39 is 0 Å². The summed E-state index contributed by atoms with van der Waals surface area (Å²) >= 11 is 0. The van der Waals surface area contributed by atoms with Crippen LogP contribution in [0.4, 0.5) is 11.4 Å². The molecule has 1 aromatic carbocycles. The highest BCUT2D eigenvalue weighted by atomic mass is 16.5. The number of nitrogens with one attached hydrogen (secondary N) is 2. The first-order valence-electron chi connectivity index (χ1n) is 7.68. The van der Waals surface area contributed by atoms with Gasteiger partial charge < -0.3 is 21.1 Å². The van der Waals surface area contributed by atoms with Gasteiger partial charge in [-0.3, -0.25) is 4.79 Å². The molecule has 5 nitrogen and oxygen atoms in total. The maximum Gasteiger partial charge on any atom is 0.251 e. The number of ether oxygens (including phenoxy) is 1. The predicted molar refractivity (Wildman–Crippen MR) is 85.6 cm³/mol. The first-order chi connectivity index (χ1) is 10.2. The summed E-state index contributed by atoms with van der Waals surface area (Å²) in [6, 6.07) is 5.28. The molecule has 0 aliphatic heterocycles. The molecule has 0 spiro atoms. The zero-order chi connectivity index (χ0) is 15.1. The largest absolute Gasteiger partial charge is 0.397 e. The van der Waals surface area contributed by atoms with Gasteiger partial charge in [0.25, 0.3) is 5.91 Å². The molecule has 5 heteroatoms. The van der Waals surface area contributed by atoms with E-state index in [2.05, 4.69) is 10.6 Å². The number of nitrogen functional groups attached to an aromatic ring is 1. The molecule has 0 atom stereocenters. The lowest BCUT2D eigenvalue weighted by Gasteiger charge is -2.22. The molecule has 0 saturated heterocycles. The van der Waals surface area contributed by atoms with Crippen molar-refractivity contribution >= 4 is 17.3 Å². The summed E-state index contributed by atoms with van der Waals surface area (Å²) < 4.78 is 5.86. The third-order valence-electron chi connectivity index (χ3n) is 3.86. The zero-order valence-electron chi connectivity index (χ0n) is 12.7. The fraction of sp³-hybridized carbons (Fsp3) is 0.562. The molecule has 116 valence electrons. The molecule has 2 rings (SSSR count). The standard InChI is InChI=1S/C16H25N3O2/c1-18-16(20)12-7-8-15(14(17)11-12)19-9-10-21-13-5-3-2-4-6-13/h7-8,11,13,19H,2-6,9-10,17H2,1H3,(H,18,20). The molecule has 0 bridgehead atoms. The Labute approximate surface area is 126 Å². The number of benzene rings is 1. The zero-order valence-corrected chi connectivity index (χ0v) is 12.7. The van der Waals surface area contributed by atoms with Crippen molar-refractivity contribution < 1.29 is 9.53 Å². The number of anilines is 2. The first-order valence-corrected chi connectivity index (χ1v) is 7.68. The quantitative estimate of drug-likeness (QED) is 0.555. The Kier molecular flexibility index (Phi) is 5.87. The monoisotopic (exact) mass is 291 g/mol. The van der Waals surface area contributed by atoms with Crippen LogP contribution >= 0.6 is 0 Å². The van der Waals surface area contributed by atoms with E-state index in [1.54, 1.807) is 19.2 Å². The van der Waals surface area contributed by atoms with Crippen molar-refractivity contribution in [3.05, 3.63) is 23.8 Å². The number of carbonyl (C=O) groups excluding carboxylic acids is 1. The van der Waals surface area contributed by atoms with Gasteiger partial charge in [0, 0.05) is 19.2 Å². The van der Waals surface area contributed by atoms with E-state index in [0.29, 0.717) is 24.0 Å². The van der Waals surface area contributed by atoms with E-state index in [4.69, 9.17) is 10.5 Å². The van der Waals surface area contributed by atoms with Gasteiger partial charge in [-0.1, -0.05) is 19.3 Å². The Morgan fingerprint density at radius 2 is 2.10 bits per heavy atom. The van der Waals surface area contributed by atoms with Gasteiger partial charge in [-0.05, 0) is 31.0 Å². The minimum absolute atomic E-state index is 0.131. The van der Waals surface area contributed by atoms with Crippen molar-refractivity contribution in [1.29, 1.82) is 0 Å². The predicted octanol–water partition coefficient (Wildman–Crippen LogP) is 2.39. The topological polar surface area (TPSA) is 76.4 Å². The van der Waals surface area contributed by atoms with Crippen molar-refractivity contribution in [2.24, 2.45) is 0 Å². The number of hydrogen-bond donors (Lipinski definition) is 3. The lowest BCUT2D eigenvalue weighted by atomic mass is 9.98. The smallest absolute Gasteiger partial charge is 0.251 e. The Bertz CT molecular complexity index is 471. The van der Waals surface area contributed by atoms with Gasteiger partial charge in [0.05, 0.1) is 24.1 Å². The second-order valence-electron chi connectivity index (χ2n) is 5.44. The summed E-state index contributed by atoms with van der Waals surface area (Å²) in [5.74, 6) is -0.131. The summed E-state index contributed by atoms with van der Waals surface area (Å²) in [7, 11) is 1.60. The van der Waals surface area contributed by atoms with Crippen molar-refractivity contribution in [2.75, 3.05) is 31.2 Å². The van der Waals surface area contributed by atoms with Gasteiger partial charge in [-0.25, -0.2) is 0 Å². The normalized spacial score (nSPS) is 15.7. The third-order valence-corrected chi connectivity index (χ3v) is 3.86. The molecule has 0 radical (unpaired) electrons. The van der Waals surface area contributed by atoms with Crippen LogP contribution in [0.2, 0.25) is 0 Å². The van der Waals surface area contributed by atoms with Crippen LogP contribution in [0.5, 0.6) is 0 Å². The van der Waals surface area contributed by atoms with Gasteiger partial charge >= 0.3 is 0 Å². The second-order valence-corrected chi connectivity index (χ2v) is 5.44. The fourth-order valence-electron chi connectivity index (χ4n) is 2.65. The number of rotatable bonds is 6. The van der Waals surface area contributed by atoms with Crippen molar-refractivity contribution in [1.82, 2.24) is 5.32 Å². The molecule has 21 heavy (non-hydrogen) atoms. The van der Waals surface area contributed by atoms with Crippen LogP contribution in [-0.2, 0) is 4.74 Å². The maximum absolute atomic E-state index is 11.5. The Morgan fingerprint density at radius 1 is 1.33 bits per heavy atom. The summed E-state index contributed by atoms with van der Waals surface area (Å²) in [6.07, 6.45) is 6.70. The van der Waals surface area contributed by atoms with Gasteiger partial charge in [-0.2, -0.15) is 0 Å². The summed E-state index contributed by atoms with van der Waals surface area (Å²) in [5, 5.41) is 5.84. The summed E-state index contributed by atoms with van der Waals surface area (Å²) in [4.78, 5) is 11.5. The van der Waals surface area contributed by atoms with Crippen molar-refractivity contribution in [2.45, 2.75) is 38.2 Å². The average Bonchev–Trinajstić information content (AvgIpc) is 2.53. The fourth-order valence-corrected chi connectivity index (χ4v) is 2.65. The molecule has 1 saturated carbocycles. The Balaban J connectivity index is 1.76. The molecule has 1 fully saturated rings. The highest BCUT2D eigenvalue weighted by molar-refractivity contribution is 5.95. The van der Waals surface area contributed by atoms with Crippen LogP contribution in [0, 0.1) is 0 Å². The molecule has 1 amide bonds. The molecule has 0 heterocycles. The summed E-state index contributed by atoms with van der Waals surface area (Å²) in [6.45, 7) is 1.40. The van der Waals surface area contributed by atoms with E-state index in [1.807, 2.05) is 6.07 Å². The van der Waals surface area contributed by atoms with Gasteiger partial charge in [0.15, 0.2) is 0 Å². The molecule has 1 aliphatic carbocycles. The number of hydrogen-bond acceptors (Lipinski definition) is 4. The van der Waals surface area contributed by atoms with Gasteiger partial charge in [-0.15, -0.1) is 0 Å². The van der Waals surface area contributed by atoms with Crippen LogP contribution in [0.1, 0.15) is 42.5 Å². The molecule has 0 unspecified atom stereocenters. The van der Waals surface area contributed by atoms with E-state index >= 15 is 0 Å². The van der Waals surface area contributed by atoms with Gasteiger partial charge in [0.1, 0.15) is 0 Å². The lowest BCUT2D eigenvalue weighted by Crippen LogP contribution is -2.21. The maximum atomic E-state index is 11.5. The van der Waals surface area contributed by atoms with Crippen molar-refractivity contribution in [3.63, 3.8) is 0 Å². The Hall–Kier alpha value is -1.75. The minimum Gasteiger partial charge on any atom is -0.397 e. The van der Waals surface area contributed by atoms with Crippen LogP contribution in [0.25, 0.3) is 0 Å². The van der Waals surface area contributed by atoms with E-state index in [-0.39, 0.29) is 5.91 Å². The number of nitrogens with two attached hydrogens (primary N) is 1. The van der Waals surface area contributed by atoms with Crippen LogP contribution in [0.3, 0.4) is 0 Å². The first kappa shape index (κ1) is 15.6. The molecule has 1 aliphatic rings. The van der Waals surface area contributed by atoms with Crippen LogP contribution < -0.4 is 16.4 Å². The minimum atomic E-state index is -0.131. The number of amides is 1. The van der Waals surface area contributed by atoms with Gasteiger partial charge in [0.2, 0.25) is 0 Å². The van der Waals surface area contributed by atoms with Crippen molar-refractivity contribution in [3.8, 4) is 0 Å². The molecular formula is C16H25N3O2. The van der Waals surface area contributed by atoms with Crippen LogP contribution in [0.15, 0.2) is 18.2 Å². The average molecular weight is 291 g/mol. The molecular weight excluding hydrogens is 266 g/mol. The van der Waals surface area contributed by atoms with E-state index in [1.165, 1.54) is 32.1 Å². The highest BCUT2D eigenvalue weighted by Gasteiger charge is 2.13. The highest BCUT2D eigenvalue weighted by Crippen LogP contribution is 2.21. The SMILES string of the molecule is CNC(=O)c1ccc(NCCOC2CCCCC2)c(N)c1. The third kappa shape index (κ3) is 4.63. The van der Waals surface area contributed by atoms with E-state index in [9.17, 15) is 4.79 Å². The second kappa shape index (κ2) is 7.88. The van der Waals surface area contributed by atoms with E-state index in [0.717, 1.165) is 12.2 Å². The molecule has 1 aromatic rings. The van der Waals surface area contributed by atoms with Crippen LogP contribution in [-0.4, -0.2) is 32.2 Å². The number of carbonyl (C=O) groups is 1. The molecule has 4 N–H and O–H groups in total. The molecule has 0 aromatic heterocycles.